The van der Waals surface area contributed by atoms with E-state index in [2.05, 4.69) is 201 Å². The second-order valence-corrected chi connectivity index (χ2v) is 22.2. The van der Waals surface area contributed by atoms with Crippen LogP contribution in [0.15, 0.2) is 120 Å². The van der Waals surface area contributed by atoms with Crippen LogP contribution >= 0.6 is 0 Å². The van der Waals surface area contributed by atoms with E-state index in [-0.39, 0.29) is 28.4 Å². The quantitative estimate of drug-likeness (QED) is 0.165. The smallest absolute Gasteiger partial charge is 0.297 e. The van der Waals surface area contributed by atoms with E-state index in [1.807, 2.05) is 0 Å². The van der Waals surface area contributed by atoms with Crippen LogP contribution < -0.4 is 26.4 Å². The van der Waals surface area contributed by atoms with E-state index >= 15 is 0 Å². The SMILES string of the molecule is Cc1cc2c3c(c1)N(c1cccc(-c4ccccc4)c1)c1c(oc4ccc(C(C)C)cc14)B3c1cc3c(cc1N2c1ccc2c(c1)C(C)(C)CCC2(C)C)C(C)(C)CCC3(C)C. The van der Waals surface area contributed by atoms with Gasteiger partial charge in [0.2, 0.25) is 0 Å². The van der Waals surface area contributed by atoms with Crippen LogP contribution in [-0.4, -0.2) is 6.71 Å². The summed E-state index contributed by atoms with van der Waals surface area (Å²) in [5.41, 5.74) is 23.2. The average molecular weight is 813 g/mol. The second kappa shape index (κ2) is 13.3. The number of hydrogen-bond donors (Lipinski definition) is 0. The van der Waals surface area contributed by atoms with Crippen LogP contribution in [0.25, 0.3) is 22.1 Å². The Kier molecular flexibility index (Phi) is 8.43. The van der Waals surface area contributed by atoms with Gasteiger partial charge >= 0.3 is 0 Å². The van der Waals surface area contributed by atoms with Gasteiger partial charge in [-0.15, -0.1) is 0 Å². The minimum Gasteiger partial charge on any atom is -0.468 e. The molecule has 0 saturated heterocycles. The molecule has 0 fully saturated rings. The summed E-state index contributed by atoms with van der Waals surface area (Å²) in [6.45, 7) is 26.4. The lowest BCUT2D eigenvalue weighted by Gasteiger charge is -2.47. The molecular weight excluding hydrogens is 751 g/mol. The number of rotatable bonds is 4. The predicted octanol–water partition coefficient (Wildman–Crippen LogP) is 14.3. The average Bonchev–Trinajstić information content (AvgIpc) is 3.62. The van der Waals surface area contributed by atoms with Crippen LogP contribution in [0.5, 0.6) is 0 Å². The largest absolute Gasteiger partial charge is 0.468 e. The zero-order chi connectivity index (χ0) is 43.2. The van der Waals surface area contributed by atoms with Gasteiger partial charge in [0.15, 0.2) is 0 Å². The molecular formula is C58H61BN2O. The van der Waals surface area contributed by atoms with E-state index in [1.165, 1.54) is 103 Å². The fourth-order valence-electron chi connectivity index (χ4n) is 11.8. The highest BCUT2D eigenvalue weighted by molar-refractivity contribution is 7.00. The predicted molar refractivity (Wildman–Crippen MR) is 265 cm³/mol. The van der Waals surface area contributed by atoms with E-state index in [0.29, 0.717) is 5.92 Å². The fourth-order valence-corrected chi connectivity index (χ4v) is 11.8. The first-order chi connectivity index (χ1) is 29.4. The zero-order valence-electron chi connectivity index (χ0n) is 38.8. The van der Waals surface area contributed by atoms with Gasteiger partial charge in [-0.1, -0.05) is 130 Å². The van der Waals surface area contributed by atoms with E-state index in [0.717, 1.165) is 29.0 Å². The fraction of sp³-hybridized carbons (Fsp3) is 0.345. The first kappa shape index (κ1) is 39.4. The van der Waals surface area contributed by atoms with Crippen molar-refractivity contribution in [1.82, 2.24) is 0 Å². The highest BCUT2D eigenvalue weighted by Gasteiger charge is 2.49. The van der Waals surface area contributed by atoms with Crippen molar-refractivity contribution in [3.63, 3.8) is 0 Å². The highest BCUT2D eigenvalue weighted by atomic mass is 16.3. The molecule has 0 spiro atoms. The Bertz CT molecular complexity index is 2980. The van der Waals surface area contributed by atoms with Gasteiger partial charge in [0.1, 0.15) is 5.58 Å². The Balaban J connectivity index is 1.26. The minimum atomic E-state index is -0.0931. The molecule has 11 rings (SSSR count). The van der Waals surface area contributed by atoms with Crippen LogP contribution in [0, 0.1) is 6.92 Å². The summed E-state index contributed by atoms with van der Waals surface area (Å²) in [6.07, 6.45) is 4.70. The standard InChI is InChI=1S/C58H61BN2O/c1-35(2)38-20-23-51-42(31-38)53-54(62-51)59-47-33-45-46(58(10,11)27-26-57(45,8)9)34-48(47)60(41-21-22-43-44(32-41)56(6,7)25-24-55(43,4)5)49-28-36(3)29-50(52(49)59)61(53)40-19-15-18-39(30-40)37-16-13-12-14-17-37/h12-23,28-35H,24-27H2,1-11H3. The Labute approximate surface area is 370 Å². The summed E-state index contributed by atoms with van der Waals surface area (Å²) >= 11 is 0. The third kappa shape index (κ3) is 5.77. The Morgan fingerprint density at radius 1 is 0.532 bits per heavy atom. The summed E-state index contributed by atoms with van der Waals surface area (Å²) in [4.78, 5) is 5.20. The van der Waals surface area contributed by atoms with Gasteiger partial charge < -0.3 is 14.2 Å². The molecule has 0 bridgehead atoms. The van der Waals surface area contributed by atoms with Gasteiger partial charge in [-0.05, 0) is 170 Å². The zero-order valence-corrected chi connectivity index (χ0v) is 38.8. The monoisotopic (exact) mass is 812 g/mol. The molecule has 7 aromatic rings. The molecule has 62 heavy (non-hydrogen) atoms. The molecule has 3 nitrogen and oxygen atoms in total. The topological polar surface area (TPSA) is 19.6 Å². The molecule has 3 heterocycles. The second-order valence-electron chi connectivity index (χ2n) is 22.2. The lowest BCUT2D eigenvalue weighted by Crippen LogP contribution is -2.61. The molecule has 2 aliphatic carbocycles. The van der Waals surface area contributed by atoms with Crippen LogP contribution in [0.2, 0.25) is 0 Å². The lowest BCUT2D eigenvalue weighted by molar-refractivity contribution is 0.332. The van der Waals surface area contributed by atoms with Crippen LogP contribution in [0.1, 0.15) is 134 Å². The number of nitrogens with zero attached hydrogens (tertiary/aromatic N) is 2. The van der Waals surface area contributed by atoms with Crippen molar-refractivity contribution in [2.75, 3.05) is 9.80 Å². The van der Waals surface area contributed by atoms with E-state index in [1.54, 1.807) is 0 Å². The van der Waals surface area contributed by atoms with Gasteiger partial charge in [-0.25, -0.2) is 0 Å². The molecule has 0 saturated carbocycles. The number of benzene rings is 6. The van der Waals surface area contributed by atoms with Gasteiger partial charge in [0, 0.05) is 33.8 Å². The van der Waals surface area contributed by atoms with Crippen molar-refractivity contribution in [3.05, 3.63) is 149 Å². The molecule has 6 aromatic carbocycles. The van der Waals surface area contributed by atoms with Crippen LogP contribution in [0.3, 0.4) is 0 Å². The van der Waals surface area contributed by atoms with Crippen molar-refractivity contribution in [2.24, 2.45) is 0 Å². The van der Waals surface area contributed by atoms with Gasteiger partial charge in [0.25, 0.3) is 6.71 Å². The van der Waals surface area contributed by atoms with Crippen molar-refractivity contribution in [2.45, 2.75) is 129 Å². The maximum absolute atomic E-state index is 7.37. The van der Waals surface area contributed by atoms with Gasteiger partial charge in [-0.3, -0.25) is 0 Å². The van der Waals surface area contributed by atoms with Gasteiger partial charge in [0.05, 0.1) is 11.3 Å². The molecule has 2 aliphatic heterocycles. The van der Waals surface area contributed by atoms with E-state index in [9.17, 15) is 0 Å². The molecule has 0 radical (unpaired) electrons. The molecule has 4 aliphatic rings. The molecule has 0 atom stereocenters. The highest BCUT2D eigenvalue weighted by Crippen LogP contribution is 2.53. The van der Waals surface area contributed by atoms with Crippen LogP contribution in [0.4, 0.5) is 34.1 Å². The first-order valence-corrected chi connectivity index (χ1v) is 23.2. The summed E-state index contributed by atoms with van der Waals surface area (Å²) in [5.74, 6) is 0.387. The maximum atomic E-state index is 7.37. The number of hydrogen-bond acceptors (Lipinski definition) is 3. The number of furan rings is 1. The number of aryl methyl sites for hydroxylation is 1. The van der Waals surface area contributed by atoms with Crippen molar-refractivity contribution >= 4 is 68.4 Å². The van der Waals surface area contributed by atoms with Crippen molar-refractivity contribution < 1.29 is 4.42 Å². The Morgan fingerprint density at radius 3 is 1.81 bits per heavy atom. The molecule has 0 unspecified atom stereocenters. The first-order valence-electron chi connectivity index (χ1n) is 23.2. The van der Waals surface area contributed by atoms with Gasteiger partial charge in [-0.2, -0.15) is 0 Å². The van der Waals surface area contributed by atoms with Crippen molar-refractivity contribution in [1.29, 1.82) is 0 Å². The molecule has 0 amide bonds. The third-order valence-electron chi connectivity index (χ3n) is 15.8. The Hall–Kier alpha value is -5.48. The summed E-state index contributed by atoms with van der Waals surface area (Å²) in [6, 6.07) is 44.4. The van der Waals surface area contributed by atoms with Crippen LogP contribution in [-0.2, 0) is 21.7 Å². The summed E-state index contributed by atoms with van der Waals surface area (Å²) in [5, 5.41) is 1.17. The number of fused-ring (bicyclic) bond motifs is 8. The molecule has 312 valence electrons. The minimum absolute atomic E-state index is 0.0456. The van der Waals surface area contributed by atoms with Crippen molar-refractivity contribution in [3.8, 4) is 11.1 Å². The lowest BCUT2D eigenvalue weighted by atomic mass is 9.35. The number of anilines is 6. The molecule has 4 heteroatoms. The normalized spacial score (nSPS) is 18.5. The van der Waals surface area contributed by atoms with E-state index in [4.69, 9.17) is 4.42 Å². The Morgan fingerprint density at radius 2 is 1.13 bits per heavy atom. The third-order valence-corrected chi connectivity index (χ3v) is 15.8. The van der Waals surface area contributed by atoms with E-state index < -0.39 is 0 Å². The summed E-state index contributed by atoms with van der Waals surface area (Å²) in [7, 11) is 0. The maximum Gasteiger partial charge on any atom is 0.297 e. The summed E-state index contributed by atoms with van der Waals surface area (Å²) < 4.78 is 7.37. The molecule has 0 N–H and O–H groups in total. The molecule has 1 aromatic heterocycles.